The minimum Gasteiger partial charge on any atom is -0.313 e. The number of hydrogen-bond acceptors (Lipinski definition) is 2. The molecule has 1 saturated carbocycles. The van der Waals surface area contributed by atoms with Gasteiger partial charge < -0.3 is 5.32 Å². The minimum atomic E-state index is 0.697. The molecule has 0 radical (unpaired) electrons. The van der Waals surface area contributed by atoms with E-state index in [1.165, 1.54) is 50.5 Å². The zero-order valence-electron chi connectivity index (χ0n) is 13.1. The zero-order chi connectivity index (χ0) is 14.9. The first kappa shape index (κ1) is 17.2. The van der Waals surface area contributed by atoms with Crippen LogP contribution >= 0.6 is 23.4 Å². The summed E-state index contributed by atoms with van der Waals surface area (Å²) in [6.45, 7) is 3.41. The van der Waals surface area contributed by atoms with E-state index in [4.69, 9.17) is 11.6 Å². The number of nitrogens with one attached hydrogen (secondary N) is 1. The predicted octanol–water partition coefficient (Wildman–Crippen LogP) is 5.66. The summed E-state index contributed by atoms with van der Waals surface area (Å²) in [6, 6.07) is 9.02. The number of benzene rings is 1. The first-order chi connectivity index (χ1) is 10.3. The highest BCUT2D eigenvalue weighted by Gasteiger charge is 2.22. The van der Waals surface area contributed by atoms with Gasteiger partial charge in [0.2, 0.25) is 0 Å². The lowest BCUT2D eigenvalue weighted by molar-refractivity contribution is 0.400. The van der Waals surface area contributed by atoms with E-state index < -0.39 is 0 Å². The summed E-state index contributed by atoms with van der Waals surface area (Å²) in [6.07, 6.45) is 9.54. The van der Waals surface area contributed by atoms with Crippen LogP contribution in [0.15, 0.2) is 24.3 Å². The lowest BCUT2D eigenvalue weighted by Gasteiger charge is -2.30. The van der Waals surface area contributed by atoms with Crippen molar-refractivity contribution >= 4 is 23.4 Å². The molecule has 118 valence electrons. The maximum absolute atomic E-state index is 5.96. The number of hydrogen-bond donors (Lipinski definition) is 1. The van der Waals surface area contributed by atoms with Gasteiger partial charge in [-0.2, -0.15) is 11.8 Å². The van der Waals surface area contributed by atoms with Crippen LogP contribution in [0.25, 0.3) is 0 Å². The first-order valence-corrected chi connectivity index (χ1v) is 9.81. The molecule has 0 spiro atoms. The highest BCUT2D eigenvalue weighted by molar-refractivity contribution is 7.99. The second-order valence-electron chi connectivity index (χ2n) is 6.03. The summed E-state index contributed by atoms with van der Waals surface area (Å²) < 4.78 is 0. The van der Waals surface area contributed by atoms with Crippen molar-refractivity contribution in [1.29, 1.82) is 0 Å². The second-order valence-corrected chi connectivity index (χ2v) is 7.69. The minimum absolute atomic E-state index is 0.697. The fourth-order valence-electron chi connectivity index (χ4n) is 3.00. The fourth-order valence-corrected chi connectivity index (χ4v) is 4.52. The van der Waals surface area contributed by atoms with Gasteiger partial charge in [-0.1, -0.05) is 56.3 Å². The van der Waals surface area contributed by atoms with E-state index in [1.807, 2.05) is 12.1 Å². The summed E-state index contributed by atoms with van der Waals surface area (Å²) in [4.78, 5) is 0. The van der Waals surface area contributed by atoms with Crippen LogP contribution in [0.1, 0.15) is 57.4 Å². The van der Waals surface area contributed by atoms with E-state index in [-0.39, 0.29) is 0 Å². The van der Waals surface area contributed by atoms with Gasteiger partial charge in [0, 0.05) is 22.1 Å². The molecule has 0 heterocycles. The highest BCUT2D eigenvalue weighted by atomic mass is 35.5. The lowest BCUT2D eigenvalue weighted by atomic mass is 9.96. The number of thioether (sulfide) groups is 1. The van der Waals surface area contributed by atoms with Crippen molar-refractivity contribution in [2.24, 2.45) is 0 Å². The van der Waals surface area contributed by atoms with E-state index >= 15 is 0 Å². The van der Waals surface area contributed by atoms with Crippen LogP contribution < -0.4 is 5.32 Å². The third-order valence-electron chi connectivity index (χ3n) is 4.24. The van der Waals surface area contributed by atoms with Crippen molar-refractivity contribution in [3.05, 3.63) is 34.9 Å². The Labute approximate surface area is 139 Å². The Morgan fingerprint density at radius 3 is 2.52 bits per heavy atom. The van der Waals surface area contributed by atoms with Gasteiger partial charge in [-0.05, 0) is 43.5 Å². The first-order valence-electron chi connectivity index (χ1n) is 8.39. The Bertz CT molecular complexity index is 391. The Balaban J connectivity index is 1.89. The third-order valence-corrected chi connectivity index (χ3v) is 5.98. The van der Waals surface area contributed by atoms with E-state index in [2.05, 4.69) is 36.1 Å². The molecule has 1 aliphatic rings. The molecule has 1 aromatic carbocycles. The molecule has 21 heavy (non-hydrogen) atoms. The standard InChI is InChI=1S/C18H28ClNS/c1-2-13-20-17-7-5-3-4-6-8-18(17)21-14-15-9-11-16(19)12-10-15/h9-12,17-18,20H,2-8,13-14H2,1H3. The summed E-state index contributed by atoms with van der Waals surface area (Å²) in [5.74, 6) is 1.10. The molecule has 2 atom stereocenters. The quantitative estimate of drug-likeness (QED) is 0.723. The molecule has 0 amide bonds. The SMILES string of the molecule is CCCNC1CCCCCCC1SCc1ccc(Cl)cc1. The summed E-state index contributed by atoms with van der Waals surface area (Å²) in [7, 11) is 0. The average molecular weight is 326 g/mol. The molecule has 1 aromatic rings. The van der Waals surface area contributed by atoms with Crippen LogP contribution in [0, 0.1) is 0 Å². The molecule has 0 saturated heterocycles. The summed E-state index contributed by atoms with van der Waals surface area (Å²) >= 11 is 8.10. The molecule has 1 nitrogen and oxygen atoms in total. The van der Waals surface area contributed by atoms with Crippen molar-refractivity contribution < 1.29 is 0 Å². The fraction of sp³-hybridized carbons (Fsp3) is 0.667. The normalized spacial score (nSPS) is 23.5. The molecule has 1 aliphatic carbocycles. The van der Waals surface area contributed by atoms with Crippen LogP contribution in [0.2, 0.25) is 5.02 Å². The summed E-state index contributed by atoms with van der Waals surface area (Å²) in [5.41, 5.74) is 1.39. The van der Waals surface area contributed by atoms with Crippen LogP contribution in [-0.4, -0.2) is 17.8 Å². The van der Waals surface area contributed by atoms with Gasteiger partial charge in [0.1, 0.15) is 0 Å². The van der Waals surface area contributed by atoms with Gasteiger partial charge >= 0.3 is 0 Å². The number of halogens is 1. The van der Waals surface area contributed by atoms with Gasteiger partial charge in [-0.15, -0.1) is 0 Å². The van der Waals surface area contributed by atoms with Crippen LogP contribution in [0.5, 0.6) is 0 Å². The van der Waals surface area contributed by atoms with Crippen LogP contribution in [0.3, 0.4) is 0 Å². The van der Waals surface area contributed by atoms with Gasteiger partial charge in [-0.25, -0.2) is 0 Å². The Morgan fingerprint density at radius 1 is 1.10 bits per heavy atom. The lowest BCUT2D eigenvalue weighted by Crippen LogP contribution is -2.39. The van der Waals surface area contributed by atoms with Gasteiger partial charge in [0.15, 0.2) is 0 Å². The maximum Gasteiger partial charge on any atom is 0.0406 e. The Morgan fingerprint density at radius 2 is 1.81 bits per heavy atom. The molecule has 2 rings (SSSR count). The van der Waals surface area contributed by atoms with Crippen molar-refractivity contribution in [2.75, 3.05) is 6.54 Å². The molecule has 0 aliphatic heterocycles. The van der Waals surface area contributed by atoms with Gasteiger partial charge in [0.25, 0.3) is 0 Å². The van der Waals surface area contributed by atoms with Gasteiger partial charge in [-0.3, -0.25) is 0 Å². The summed E-state index contributed by atoms with van der Waals surface area (Å²) in [5, 5.41) is 5.38. The Hall–Kier alpha value is -0.180. The molecule has 1 N–H and O–H groups in total. The highest BCUT2D eigenvalue weighted by Crippen LogP contribution is 2.30. The van der Waals surface area contributed by atoms with Gasteiger partial charge in [0.05, 0.1) is 0 Å². The molecular weight excluding hydrogens is 298 g/mol. The van der Waals surface area contributed by atoms with E-state index in [0.29, 0.717) is 6.04 Å². The van der Waals surface area contributed by atoms with Crippen molar-refractivity contribution in [2.45, 2.75) is 68.9 Å². The average Bonchev–Trinajstić information content (AvgIpc) is 2.47. The topological polar surface area (TPSA) is 12.0 Å². The van der Waals surface area contributed by atoms with E-state index in [1.54, 1.807) is 0 Å². The molecule has 2 unspecified atom stereocenters. The third kappa shape index (κ3) is 6.22. The van der Waals surface area contributed by atoms with Crippen molar-refractivity contribution in [3.63, 3.8) is 0 Å². The van der Waals surface area contributed by atoms with Crippen molar-refractivity contribution in [3.8, 4) is 0 Å². The Kier molecular flexibility index (Phi) is 7.98. The van der Waals surface area contributed by atoms with Crippen LogP contribution in [-0.2, 0) is 5.75 Å². The van der Waals surface area contributed by atoms with E-state index in [0.717, 1.165) is 22.6 Å². The predicted molar refractivity (Wildman–Crippen MR) is 96.3 cm³/mol. The largest absolute Gasteiger partial charge is 0.313 e. The zero-order valence-corrected chi connectivity index (χ0v) is 14.7. The molecule has 3 heteroatoms. The molecule has 0 aromatic heterocycles. The second kappa shape index (κ2) is 9.76. The molecule has 1 fully saturated rings. The van der Waals surface area contributed by atoms with Crippen molar-refractivity contribution in [1.82, 2.24) is 5.32 Å². The smallest absolute Gasteiger partial charge is 0.0406 e. The number of rotatable bonds is 6. The van der Waals surface area contributed by atoms with Crippen LogP contribution in [0.4, 0.5) is 0 Å². The molecular formula is C18H28ClNS. The maximum atomic E-state index is 5.96. The monoisotopic (exact) mass is 325 g/mol. The van der Waals surface area contributed by atoms with E-state index in [9.17, 15) is 0 Å². The molecule has 0 bridgehead atoms.